The number of aliphatic hydroxyl groups is 2. The lowest BCUT2D eigenvalue weighted by molar-refractivity contribution is -0.140. The van der Waals surface area contributed by atoms with E-state index in [1.807, 2.05) is 0 Å². The highest BCUT2D eigenvalue weighted by molar-refractivity contribution is 5.68. The Hall–Kier alpha value is -0.870. The first-order chi connectivity index (χ1) is 8.70. The fourth-order valence-corrected chi connectivity index (χ4v) is 1.75. The molecule has 0 aromatic carbocycles. The molecule has 0 bridgehead atoms. The Kier molecular flexibility index (Phi) is 12.0. The van der Waals surface area contributed by atoms with E-state index < -0.39 is 6.10 Å². The highest BCUT2D eigenvalue weighted by Crippen LogP contribution is 2.10. The van der Waals surface area contributed by atoms with Crippen LogP contribution in [0.1, 0.15) is 51.4 Å². The Morgan fingerprint density at radius 1 is 1.17 bits per heavy atom. The van der Waals surface area contributed by atoms with Crippen LogP contribution in [0.15, 0.2) is 12.2 Å². The highest BCUT2D eigenvalue weighted by atomic mass is 16.5. The molecule has 0 aliphatic rings. The number of unbranched alkanes of at least 4 members (excludes halogenated alkanes) is 5. The molecule has 0 amide bonds. The van der Waals surface area contributed by atoms with Crippen LogP contribution in [0.3, 0.4) is 0 Å². The zero-order chi connectivity index (χ0) is 13.6. The minimum atomic E-state index is -0.434. The molecule has 0 saturated heterocycles. The molecule has 0 aromatic rings. The monoisotopic (exact) mass is 258 g/mol. The van der Waals surface area contributed by atoms with Gasteiger partial charge in [0.05, 0.1) is 19.8 Å². The molecule has 0 spiro atoms. The maximum Gasteiger partial charge on any atom is 0.305 e. The molecule has 0 fully saturated rings. The van der Waals surface area contributed by atoms with Crippen molar-refractivity contribution in [2.45, 2.75) is 57.5 Å². The van der Waals surface area contributed by atoms with Crippen LogP contribution in [0.4, 0.5) is 0 Å². The lowest BCUT2D eigenvalue weighted by Crippen LogP contribution is -2.02. The molecule has 4 heteroatoms. The average Bonchev–Trinajstić information content (AvgIpc) is 2.38. The van der Waals surface area contributed by atoms with Crippen molar-refractivity contribution < 1.29 is 19.7 Å². The van der Waals surface area contributed by atoms with Gasteiger partial charge in [-0.3, -0.25) is 4.79 Å². The van der Waals surface area contributed by atoms with Crippen molar-refractivity contribution in [3.8, 4) is 0 Å². The zero-order valence-corrected chi connectivity index (χ0v) is 11.3. The summed E-state index contributed by atoms with van der Waals surface area (Å²) in [6, 6.07) is 0. The SMILES string of the molecule is COC(=O)CCCCCCCCC(O)/C=C\CO. The van der Waals surface area contributed by atoms with Gasteiger partial charge in [0, 0.05) is 6.42 Å². The number of carbonyl (C=O) groups excluding carboxylic acids is 1. The van der Waals surface area contributed by atoms with Crippen molar-refractivity contribution in [2.24, 2.45) is 0 Å². The van der Waals surface area contributed by atoms with Crippen LogP contribution in [-0.4, -0.2) is 36.0 Å². The van der Waals surface area contributed by atoms with Crippen LogP contribution in [0.25, 0.3) is 0 Å². The van der Waals surface area contributed by atoms with Crippen LogP contribution in [0, 0.1) is 0 Å². The first-order valence-corrected chi connectivity index (χ1v) is 6.73. The van der Waals surface area contributed by atoms with Gasteiger partial charge < -0.3 is 14.9 Å². The molecule has 0 radical (unpaired) electrons. The van der Waals surface area contributed by atoms with E-state index in [2.05, 4.69) is 4.74 Å². The number of rotatable bonds is 11. The minimum absolute atomic E-state index is 0.0166. The van der Waals surface area contributed by atoms with Crippen molar-refractivity contribution in [1.29, 1.82) is 0 Å². The Labute approximate surface area is 110 Å². The van der Waals surface area contributed by atoms with Crippen LogP contribution >= 0.6 is 0 Å². The fraction of sp³-hybridized carbons (Fsp3) is 0.786. The average molecular weight is 258 g/mol. The van der Waals surface area contributed by atoms with Crippen LogP contribution in [0.2, 0.25) is 0 Å². The largest absolute Gasteiger partial charge is 0.469 e. The summed E-state index contributed by atoms with van der Waals surface area (Å²) in [7, 11) is 1.42. The van der Waals surface area contributed by atoms with E-state index in [-0.39, 0.29) is 12.6 Å². The molecule has 0 aromatic heterocycles. The van der Waals surface area contributed by atoms with Gasteiger partial charge in [-0.2, -0.15) is 0 Å². The van der Waals surface area contributed by atoms with Gasteiger partial charge in [-0.05, 0) is 12.8 Å². The van der Waals surface area contributed by atoms with E-state index in [1.165, 1.54) is 7.11 Å². The number of methoxy groups -OCH3 is 1. The van der Waals surface area contributed by atoms with Gasteiger partial charge in [0.2, 0.25) is 0 Å². The Balaban J connectivity index is 3.21. The molecular formula is C14H26O4. The fourth-order valence-electron chi connectivity index (χ4n) is 1.75. The summed E-state index contributed by atoms with van der Waals surface area (Å²) in [5.74, 6) is -0.131. The molecule has 18 heavy (non-hydrogen) atoms. The summed E-state index contributed by atoms with van der Waals surface area (Å²) in [5.41, 5.74) is 0. The van der Waals surface area contributed by atoms with Crippen LogP contribution in [-0.2, 0) is 9.53 Å². The van der Waals surface area contributed by atoms with Crippen molar-refractivity contribution in [1.82, 2.24) is 0 Å². The summed E-state index contributed by atoms with van der Waals surface area (Å²) in [4.78, 5) is 10.8. The molecule has 1 atom stereocenters. The molecule has 0 heterocycles. The van der Waals surface area contributed by atoms with Crippen molar-refractivity contribution in [3.63, 3.8) is 0 Å². The molecule has 106 valence electrons. The van der Waals surface area contributed by atoms with Gasteiger partial charge in [0.25, 0.3) is 0 Å². The first-order valence-electron chi connectivity index (χ1n) is 6.73. The second-order valence-corrected chi connectivity index (χ2v) is 4.41. The van der Waals surface area contributed by atoms with Gasteiger partial charge in [0.15, 0.2) is 0 Å². The summed E-state index contributed by atoms with van der Waals surface area (Å²) in [6.45, 7) is -0.0166. The second-order valence-electron chi connectivity index (χ2n) is 4.41. The maximum absolute atomic E-state index is 10.8. The Morgan fingerprint density at radius 2 is 1.78 bits per heavy atom. The molecule has 0 rings (SSSR count). The number of esters is 1. The standard InChI is InChI=1S/C14H26O4/c1-18-14(17)11-7-5-3-2-4-6-9-13(16)10-8-12-15/h8,10,13,15-16H,2-7,9,11-12H2,1H3/b10-8-. The van der Waals surface area contributed by atoms with Gasteiger partial charge in [0.1, 0.15) is 0 Å². The molecule has 0 saturated carbocycles. The third-order valence-electron chi connectivity index (χ3n) is 2.82. The van der Waals surface area contributed by atoms with Crippen LogP contribution in [0.5, 0.6) is 0 Å². The highest BCUT2D eigenvalue weighted by Gasteiger charge is 2.00. The van der Waals surface area contributed by atoms with Gasteiger partial charge in [-0.1, -0.05) is 44.3 Å². The Morgan fingerprint density at radius 3 is 2.39 bits per heavy atom. The van der Waals surface area contributed by atoms with E-state index in [4.69, 9.17) is 5.11 Å². The molecule has 1 unspecified atom stereocenters. The van der Waals surface area contributed by atoms with E-state index in [1.54, 1.807) is 12.2 Å². The summed E-state index contributed by atoms with van der Waals surface area (Å²) < 4.78 is 4.56. The van der Waals surface area contributed by atoms with Gasteiger partial charge in [-0.25, -0.2) is 0 Å². The van der Waals surface area contributed by atoms with Crippen molar-refractivity contribution >= 4 is 5.97 Å². The second kappa shape index (κ2) is 12.6. The van der Waals surface area contributed by atoms with E-state index in [0.29, 0.717) is 6.42 Å². The third-order valence-corrected chi connectivity index (χ3v) is 2.82. The minimum Gasteiger partial charge on any atom is -0.469 e. The predicted octanol–water partition coefficient (Wildman–Crippen LogP) is 2.19. The number of carbonyl (C=O) groups is 1. The molecular weight excluding hydrogens is 232 g/mol. The third kappa shape index (κ3) is 11.6. The van der Waals surface area contributed by atoms with E-state index in [0.717, 1.165) is 44.9 Å². The molecule has 2 N–H and O–H groups in total. The topological polar surface area (TPSA) is 66.8 Å². The van der Waals surface area contributed by atoms with Gasteiger partial charge >= 0.3 is 5.97 Å². The number of hydrogen-bond donors (Lipinski definition) is 2. The lowest BCUT2D eigenvalue weighted by Gasteiger charge is -2.05. The molecule has 0 aliphatic heterocycles. The number of aliphatic hydroxyl groups excluding tert-OH is 2. The summed E-state index contributed by atoms with van der Waals surface area (Å²) >= 11 is 0. The van der Waals surface area contributed by atoms with Crippen molar-refractivity contribution in [3.05, 3.63) is 12.2 Å². The molecule has 0 aliphatic carbocycles. The first kappa shape index (κ1) is 17.1. The Bertz CT molecular complexity index is 226. The molecule has 4 nitrogen and oxygen atoms in total. The normalized spacial score (nSPS) is 12.8. The van der Waals surface area contributed by atoms with Crippen molar-refractivity contribution in [2.75, 3.05) is 13.7 Å². The summed E-state index contributed by atoms with van der Waals surface area (Å²) in [6.07, 6.45) is 10.3. The smallest absolute Gasteiger partial charge is 0.305 e. The predicted molar refractivity (Wildman–Crippen MR) is 71.2 cm³/mol. The van der Waals surface area contributed by atoms with Gasteiger partial charge in [-0.15, -0.1) is 0 Å². The van der Waals surface area contributed by atoms with E-state index >= 15 is 0 Å². The number of hydrogen-bond acceptors (Lipinski definition) is 4. The quantitative estimate of drug-likeness (QED) is 0.339. The lowest BCUT2D eigenvalue weighted by atomic mass is 10.1. The van der Waals surface area contributed by atoms with E-state index in [9.17, 15) is 9.90 Å². The maximum atomic E-state index is 10.8. The summed E-state index contributed by atoms with van der Waals surface area (Å²) in [5, 5.41) is 18.0. The zero-order valence-electron chi connectivity index (χ0n) is 11.3. The van der Waals surface area contributed by atoms with Crippen LogP contribution < -0.4 is 0 Å². The number of ether oxygens (including phenoxy) is 1.